The van der Waals surface area contributed by atoms with E-state index in [1.807, 2.05) is 49.4 Å². The van der Waals surface area contributed by atoms with Crippen molar-refractivity contribution in [3.8, 4) is 5.69 Å². The van der Waals surface area contributed by atoms with Gasteiger partial charge in [-0.1, -0.05) is 58.7 Å². The lowest BCUT2D eigenvalue weighted by atomic mass is 10.1. The highest BCUT2D eigenvalue weighted by molar-refractivity contribution is 9.10. The molecule has 35 heavy (non-hydrogen) atoms. The number of aromatic nitrogens is 2. The molecular formula is C27H25BrClN3O3. The minimum atomic E-state index is -0.505. The smallest absolute Gasteiger partial charge is 0.266 e. The lowest BCUT2D eigenvalue weighted by Crippen LogP contribution is -2.40. The number of hydrogen-bond donors (Lipinski definition) is 0. The third kappa shape index (κ3) is 5.17. The van der Waals surface area contributed by atoms with E-state index in [0.29, 0.717) is 52.6 Å². The van der Waals surface area contributed by atoms with E-state index < -0.39 is 6.04 Å². The van der Waals surface area contributed by atoms with Crippen LogP contribution in [0.3, 0.4) is 0 Å². The molecule has 1 atom stereocenters. The molecule has 180 valence electrons. The molecule has 3 aromatic carbocycles. The first kappa shape index (κ1) is 25.1. The Morgan fingerprint density at radius 2 is 1.77 bits per heavy atom. The van der Waals surface area contributed by atoms with E-state index in [1.165, 1.54) is 0 Å². The molecule has 0 aliphatic rings. The van der Waals surface area contributed by atoms with Crippen LogP contribution in [0.4, 0.5) is 0 Å². The largest absolute Gasteiger partial charge is 0.383 e. The number of hydrogen-bond acceptors (Lipinski definition) is 4. The fraction of sp³-hybridized carbons (Fsp3) is 0.222. The molecule has 1 heterocycles. The molecule has 0 radical (unpaired) electrons. The average Bonchev–Trinajstić information content (AvgIpc) is 2.87. The van der Waals surface area contributed by atoms with Gasteiger partial charge in [-0.15, -0.1) is 0 Å². The number of carbonyl (C=O) groups is 1. The lowest BCUT2D eigenvalue weighted by molar-refractivity contribution is 0.0579. The Morgan fingerprint density at radius 1 is 1.09 bits per heavy atom. The number of methoxy groups -OCH3 is 1. The summed E-state index contributed by atoms with van der Waals surface area (Å²) in [6, 6.07) is 21.2. The molecule has 0 spiro atoms. The molecule has 0 aliphatic heterocycles. The van der Waals surface area contributed by atoms with Gasteiger partial charge in [0.2, 0.25) is 0 Å². The van der Waals surface area contributed by atoms with Gasteiger partial charge in [0, 0.05) is 18.1 Å². The number of carbonyl (C=O) groups excluding carboxylic acids is 1. The zero-order valence-corrected chi connectivity index (χ0v) is 21.8. The molecular weight excluding hydrogens is 530 g/mol. The van der Waals surface area contributed by atoms with Crippen molar-refractivity contribution in [3.63, 3.8) is 0 Å². The highest BCUT2D eigenvalue weighted by atomic mass is 79.9. The zero-order chi connectivity index (χ0) is 24.9. The van der Waals surface area contributed by atoms with Gasteiger partial charge < -0.3 is 9.64 Å². The minimum Gasteiger partial charge on any atom is -0.383 e. The third-order valence-electron chi connectivity index (χ3n) is 5.85. The first-order valence-electron chi connectivity index (χ1n) is 11.3. The Hall–Kier alpha value is -3.00. The van der Waals surface area contributed by atoms with Gasteiger partial charge in [-0.25, -0.2) is 4.98 Å². The standard InChI is InChI=1S/C27H25BrClN3O3/c1-3-24(31(16-17-35-2)26(33)20-8-4-6-10-22(20)29)25-30-23-11-7-5-9-21(23)27(34)32(25)19-14-12-18(28)13-15-19/h4-15,24H,3,16-17H2,1-2H3. The molecule has 4 aromatic rings. The fourth-order valence-corrected chi connectivity index (χ4v) is 4.61. The van der Waals surface area contributed by atoms with Crippen LogP contribution in [0.25, 0.3) is 16.6 Å². The second kappa shape index (κ2) is 11.2. The summed E-state index contributed by atoms with van der Waals surface area (Å²) in [5, 5.41) is 0.876. The van der Waals surface area contributed by atoms with Crippen molar-refractivity contribution in [2.45, 2.75) is 19.4 Å². The van der Waals surface area contributed by atoms with Crippen LogP contribution in [0.2, 0.25) is 5.02 Å². The second-order valence-electron chi connectivity index (χ2n) is 8.00. The van der Waals surface area contributed by atoms with Crippen LogP contribution in [-0.4, -0.2) is 40.6 Å². The SMILES string of the molecule is CCC(c1nc2ccccc2c(=O)n1-c1ccc(Br)cc1)N(CCOC)C(=O)c1ccccc1Cl. The van der Waals surface area contributed by atoms with Gasteiger partial charge >= 0.3 is 0 Å². The maximum absolute atomic E-state index is 13.8. The van der Waals surface area contributed by atoms with Crippen LogP contribution in [0.5, 0.6) is 0 Å². The molecule has 6 nitrogen and oxygen atoms in total. The molecule has 0 N–H and O–H groups in total. The van der Waals surface area contributed by atoms with Crippen molar-refractivity contribution in [2.75, 3.05) is 20.3 Å². The summed E-state index contributed by atoms with van der Waals surface area (Å²) in [7, 11) is 1.59. The van der Waals surface area contributed by atoms with Crippen LogP contribution in [0, 0.1) is 0 Å². The topological polar surface area (TPSA) is 64.4 Å². The van der Waals surface area contributed by atoms with E-state index in [-0.39, 0.29) is 11.5 Å². The highest BCUT2D eigenvalue weighted by Crippen LogP contribution is 2.29. The molecule has 8 heteroatoms. The van der Waals surface area contributed by atoms with Crippen molar-refractivity contribution in [1.29, 1.82) is 0 Å². The molecule has 1 unspecified atom stereocenters. The van der Waals surface area contributed by atoms with Gasteiger partial charge in [0.05, 0.1) is 39.8 Å². The van der Waals surface area contributed by atoms with Gasteiger partial charge in [0.25, 0.3) is 11.5 Å². The number of halogens is 2. The summed E-state index contributed by atoms with van der Waals surface area (Å²) in [4.78, 5) is 34.1. The van der Waals surface area contributed by atoms with Crippen LogP contribution in [-0.2, 0) is 4.74 Å². The van der Waals surface area contributed by atoms with E-state index in [1.54, 1.807) is 46.9 Å². The Balaban J connectivity index is 1.95. The first-order valence-corrected chi connectivity index (χ1v) is 12.5. The predicted molar refractivity (Wildman–Crippen MR) is 142 cm³/mol. The van der Waals surface area contributed by atoms with Gasteiger partial charge in [-0.2, -0.15) is 0 Å². The lowest BCUT2D eigenvalue weighted by Gasteiger charge is -2.32. The summed E-state index contributed by atoms with van der Waals surface area (Å²) >= 11 is 9.84. The number of benzene rings is 3. The fourth-order valence-electron chi connectivity index (χ4n) is 4.13. The summed E-state index contributed by atoms with van der Waals surface area (Å²) in [6.45, 7) is 2.60. The number of amides is 1. The number of para-hydroxylation sites is 1. The summed E-state index contributed by atoms with van der Waals surface area (Å²) in [5.74, 6) is 0.235. The molecule has 0 saturated heterocycles. The Bertz CT molecular complexity index is 1410. The van der Waals surface area contributed by atoms with E-state index in [9.17, 15) is 9.59 Å². The zero-order valence-electron chi connectivity index (χ0n) is 19.4. The minimum absolute atomic E-state index is 0.191. The van der Waals surface area contributed by atoms with Crippen molar-refractivity contribution >= 4 is 44.3 Å². The van der Waals surface area contributed by atoms with Crippen LogP contribution < -0.4 is 5.56 Å². The molecule has 0 bridgehead atoms. The average molecular weight is 555 g/mol. The van der Waals surface area contributed by atoms with Crippen molar-refractivity contribution in [3.05, 3.63) is 104 Å². The van der Waals surface area contributed by atoms with Crippen LogP contribution in [0.1, 0.15) is 35.6 Å². The quantitative estimate of drug-likeness (QED) is 0.266. The molecule has 1 aromatic heterocycles. The third-order valence-corrected chi connectivity index (χ3v) is 6.71. The normalized spacial score (nSPS) is 12.0. The molecule has 1 amide bonds. The monoisotopic (exact) mass is 553 g/mol. The number of ether oxygens (including phenoxy) is 1. The van der Waals surface area contributed by atoms with Crippen molar-refractivity contribution in [2.24, 2.45) is 0 Å². The summed E-state index contributed by atoms with van der Waals surface area (Å²) in [5.41, 5.74) is 1.45. The Morgan fingerprint density at radius 3 is 2.46 bits per heavy atom. The summed E-state index contributed by atoms with van der Waals surface area (Å²) < 4.78 is 7.82. The summed E-state index contributed by atoms with van der Waals surface area (Å²) in [6.07, 6.45) is 0.529. The van der Waals surface area contributed by atoms with Crippen LogP contribution >= 0.6 is 27.5 Å². The van der Waals surface area contributed by atoms with Gasteiger partial charge in [0.15, 0.2) is 0 Å². The highest BCUT2D eigenvalue weighted by Gasteiger charge is 2.30. The molecule has 0 aliphatic carbocycles. The van der Waals surface area contributed by atoms with E-state index in [2.05, 4.69) is 15.9 Å². The maximum atomic E-state index is 13.8. The van der Waals surface area contributed by atoms with Gasteiger partial charge in [0.1, 0.15) is 5.82 Å². The predicted octanol–water partition coefficient (Wildman–Crippen LogP) is 6.04. The molecule has 4 rings (SSSR count). The van der Waals surface area contributed by atoms with Gasteiger partial charge in [-0.3, -0.25) is 14.2 Å². The Labute approximate surface area is 217 Å². The van der Waals surface area contributed by atoms with E-state index >= 15 is 0 Å². The second-order valence-corrected chi connectivity index (χ2v) is 9.32. The van der Waals surface area contributed by atoms with Crippen LogP contribution in [0.15, 0.2) is 82.1 Å². The van der Waals surface area contributed by atoms with E-state index in [4.69, 9.17) is 21.3 Å². The van der Waals surface area contributed by atoms with Gasteiger partial charge in [-0.05, 0) is 55.0 Å². The number of rotatable bonds is 8. The first-order chi connectivity index (χ1) is 17.0. The molecule has 0 saturated carbocycles. The molecule has 0 fully saturated rings. The maximum Gasteiger partial charge on any atom is 0.266 e. The number of fused-ring (bicyclic) bond motifs is 1. The Kier molecular flexibility index (Phi) is 8.00. The van der Waals surface area contributed by atoms with Crippen molar-refractivity contribution < 1.29 is 9.53 Å². The van der Waals surface area contributed by atoms with Crippen molar-refractivity contribution in [1.82, 2.24) is 14.5 Å². The number of nitrogens with zero attached hydrogens (tertiary/aromatic N) is 3. The van der Waals surface area contributed by atoms with E-state index in [0.717, 1.165) is 4.47 Å².